The van der Waals surface area contributed by atoms with Crippen LogP contribution in [0, 0.1) is 0 Å². The highest BCUT2D eigenvalue weighted by Gasteiger charge is 2.17. The third-order valence-electron chi connectivity index (χ3n) is 2.94. The lowest BCUT2D eigenvalue weighted by molar-refractivity contribution is 0.232. The van der Waals surface area contributed by atoms with Crippen LogP contribution in [0.15, 0.2) is 11.6 Å². The first-order valence-electron chi connectivity index (χ1n) is 5.88. The number of anilines is 1. The Bertz CT molecular complexity index is 283. The molecule has 1 aliphatic heterocycles. The lowest BCUT2D eigenvalue weighted by Crippen LogP contribution is -2.46. The van der Waals surface area contributed by atoms with E-state index in [0.29, 0.717) is 6.61 Å². The molecule has 0 spiro atoms. The van der Waals surface area contributed by atoms with Crippen LogP contribution in [0.4, 0.5) is 5.13 Å². The van der Waals surface area contributed by atoms with Crippen LogP contribution in [0.1, 0.15) is 12.8 Å². The maximum Gasteiger partial charge on any atom is 0.185 e. The Morgan fingerprint density at radius 3 is 2.69 bits per heavy atom. The highest BCUT2D eigenvalue weighted by Crippen LogP contribution is 2.18. The van der Waals surface area contributed by atoms with Gasteiger partial charge in [0.25, 0.3) is 0 Å². The number of aliphatic hydroxyl groups is 1. The molecule has 5 heteroatoms. The van der Waals surface area contributed by atoms with Crippen molar-refractivity contribution in [3.8, 4) is 0 Å². The second kappa shape index (κ2) is 6.18. The predicted octanol–water partition coefficient (Wildman–Crippen LogP) is 1.04. The van der Waals surface area contributed by atoms with E-state index in [1.807, 2.05) is 11.6 Å². The van der Waals surface area contributed by atoms with E-state index in [0.717, 1.165) is 50.7 Å². The molecule has 16 heavy (non-hydrogen) atoms. The van der Waals surface area contributed by atoms with Crippen LogP contribution in [0.5, 0.6) is 0 Å². The molecule has 1 fully saturated rings. The van der Waals surface area contributed by atoms with Gasteiger partial charge in [0, 0.05) is 44.4 Å². The zero-order chi connectivity index (χ0) is 11.2. The maximum absolute atomic E-state index is 8.73. The first kappa shape index (κ1) is 11.8. The number of piperazine rings is 1. The van der Waals surface area contributed by atoms with Crippen molar-refractivity contribution in [2.75, 3.05) is 44.2 Å². The van der Waals surface area contributed by atoms with Crippen LogP contribution in [-0.2, 0) is 0 Å². The number of nitrogens with zero attached hydrogens (tertiary/aromatic N) is 3. The van der Waals surface area contributed by atoms with Gasteiger partial charge in [-0.1, -0.05) is 0 Å². The zero-order valence-electron chi connectivity index (χ0n) is 9.51. The number of unbranched alkanes of at least 4 members (excludes halogenated alkanes) is 1. The summed E-state index contributed by atoms with van der Waals surface area (Å²) < 4.78 is 0. The van der Waals surface area contributed by atoms with E-state index < -0.39 is 0 Å². The van der Waals surface area contributed by atoms with Gasteiger partial charge in [-0.15, -0.1) is 11.3 Å². The van der Waals surface area contributed by atoms with Gasteiger partial charge in [-0.3, -0.25) is 4.90 Å². The Labute approximate surface area is 101 Å². The molecule has 1 saturated heterocycles. The maximum atomic E-state index is 8.73. The third-order valence-corrected chi connectivity index (χ3v) is 3.78. The molecule has 0 radical (unpaired) electrons. The van der Waals surface area contributed by atoms with Gasteiger partial charge in [0.2, 0.25) is 0 Å². The molecule has 1 aliphatic rings. The number of aliphatic hydroxyl groups excluding tert-OH is 1. The Balaban J connectivity index is 1.70. The van der Waals surface area contributed by atoms with E-state index in [4.69, 9.17) is 5.11 Å². The lowest BCUT2D eigenvalue weighted by atomic mass is 10.2. The smallest absolute Gasteiger partial charge is 0.185 e. The summed E-state index contributed by atoms with van der Waals surface area (Å²) in [6.07, 6.45) is 3.90. The molecule has 0 bridgehead atoms. The molecular weight excluding hydrogens is 222 g/mol. The fourth-order valence-electron chi connectivity index (χ4n) is 1.98. The number of hydrogen-bond donors (Lipinski definition) is 1. The predicted molar refractivity (Wildman–Crippen MR) is 67.1 cm³/mol. The molecule has 2 rings (SSSR count). The van der Waals surface area contributed by atoms with Crippen LogP contribution in [-0.4, -0.2) is 54.3 Å². The molecule has 4 nitrogen and oxygen atoms in total. The molecule has 0 amide bonds. The molecule has 1 N–H and O–H groups in total. The fourth-order valence-corrected chi connectivity index (χ4v) is 2.68. The van der Waals surface area contributed by atoms with Gasteiger partial charge in [0.05, 0.1) is 0 Å². The Morgan fingerprint density at radius 1 is 1.25 bits per heavy atom. The summed E-state index contributed by atoms with van der Waals surface area (Å²) in [4.78, 5) is 9.16. The molecule has 1 aromatic heterocycles. The monoisotopic (exact) mass is 241 g/mol. The minimum atomic E-state index is 0.319. The van der Waals surface area contributed by atoms with Gasteiger partial charge in [0.15, 0.2) is 5.13 Å². The SMILES string of the molecule is OCCCCN1CCN(c2nccs2)CC1. The quantitative estimate of drug-likeness (QED) is 0.782. The molecule has 0 aliphatic carbocycles. The first-order valence-corrected chi connectivity index (χ1v) is 6.76. The van der Waals surface area contributed by atoms with Crippen LogP contribution in [0.2, 0.25) is 0 Å². The van der Waals surface area contributed by atoms with Crippen molar-refractivity contribution in [2.45, 2.75) is 12.8 Å². The van der Waals surface area contributed by atoms with Crippen LogP contribution in [0.3, 0.4) is 0 Å². The average molecular weight is 241 g/mol. The second-order valence-corrected chi connectivity index (χ2v) is 4.95. The van der Waals surface area contributed by atoms with Gasteiger partial charge in [-0.25, -0.2) is 4.98 Å². The largest absolute Gasteiger partial charge is 0.396 e. The van der Waals surface area contributed by atoms with Gasteiger partial charge in [-0.05, 0) is 19.4 Å². The van der Waals surface area contributed by atoms with Crippen LogP contribution < -0.4 is 4.90 Å². The van der Waals surface area contributed by atoms with Crippen molar-refractivity contribution < 1.29 is 5.11 Å². The Kier molecular flexibility index (Phi) is 4.56. The van der Waals surface area contributed by atoms with Gasteiger partial charge < -0.3 is 10.0 Å². The van der Waals surface area contributed by atoms with Crippen molar-refractivity contribution in [1.29, 1.82) is 0 Å². The van der Waals surface area contributed by atoms with Crippen molar-refractivity contribution in [3.63, 3.8) is 0 Å². The first-order chi connectivity index (χ1) is 7.90. The Hall–Kier alpha value is -0.650. The Morgan fingerprint density at radius 2 is 2.06 bits per heavy atom. The minimum absolute atomic E-state index is 0.319. The number of rotatable bonds is 5. The molecule has 2 heterocycles. The van der Waals surface area contributed by atoms with Crippen LogP contribution >= 0.6 is 11.3 Å². The molecular formula is C11H19N3OS. The highest BCUT2D eigenvalue weighted by molar-refractivity contribution is 7.13. The lowest BCUT2D eigenvalue weighted by Gasteiger charge is -2.34. The summed E-state index contributed by atoms with van der Waals surface area (Å²) >= 11 is 1.72. The summed E-state index contributed by atoms with van der Waals surface area (Å²) in [6.45, 7) is 5.82. The second-order valence-electron chi connectivity index (χ2n) is 4.07. The van der Waals surface area contributed by atoms with E-state index in [2.05, 4.69) is 14.8 Å². The molecule has 1 aromatic rings. The molecule has 0 saturated carbocycles. The average Bonchev–Trinajstić information content (AvgIpc) is 2.84. The van der Waals surface area contributed by atoms with Crippen molar-refractivity contribution in [2.24, 2.45) is 0 Å². The van der Waals surface area contributed by atoms with E-state index in [1.54, 1.807) is 11.3 Å². The van der Waals surface area contributed by atoms with Crippen molar-refractivity contribution >= 4 is 16.5 Å². The van der Waals surface area contributed by atoms with Crippen LogP contribution in [0.25, 0.3) is 0 Å². The van der Waals surface area contributed by atoms with E-state index in [1.165, 1.54) is 0 Å². The minimum Gasteiger partial charge on any atom is -0.396 e. The van der Waals surface area contributed by atoms with Gasteiger partial charge in [-0.2, -0.15) is 0 Å². The van der Waals surface area contributed by atoms with Gasteiger partial charge >= 0.3 is 0 Å². The van der Waals surface area contributed by atoms with E-state index in [9.17, 15) is 0 Å². The van der Waals surface area contributed by atoms with Gasteiger partial charge in [0.1, 0.15) is 0 Å². The van der Waals surface area contributed by atoms with E-state index >= 15 is 0 Å². The van der Waals surface area contributed by atoms with Crippen molar-refractivity contribution in [3.05, 3.63) is 11.6 Å². The topological polar surface area (TPSA) is 39.6 Å². The molecule has 90 valence electrons. The number of hydrogen-bond acceptors (Lipinski definition) is 5. The fraction of sp³-hybridized carbons (Fsp3) is 0.727. The third kappa shape index (κ3) is 3.17. The summed E-state index contributed by atoms with van der Waals surface area (Å²) in [7, 11) is 0. The van der Waals surface area contributed by atoms with E-state index in [-0.39, 0.29) is 0 Å². The number of aromatic nitrogens is 1. The van der Waals surface area contributed by atoms with Crippen molar-refractivity contribution in [1.82, 2.24) is 9.88 Å². The molecule has 0 aromatic carbocycles. The highest BCUT2D eigenvalue weighted by atomic mass is 32.1. The standard InChI is InChI=1S/C11H19N3OS/c15-9-2-1-4-13-5-7-14(8-6-13)11-12-3-10-16-11/h3,10,15H,1-2,4-9H2. The molecule has 0 unspecified atom stereocenters. The summed E-state index contributed by atoms with van der Waals surface area (Å²) in [6, 6.07) is 0. The number of thiazole rings is 1. The normalized spacial score (nSPS) is 17.9. The summed E-state index contributed by atoms with van der Waals surface area (Å²) in [5, 5.41) is 11.9. The molecule has 0 atom stereocenters. The zero-order valence-corrected chi connectivity index (χ0v) is 10.3. The summed E-state index contributed by atoms with van der Waals surface area (Å²) in [5.74, 6) is 0. The summed E-state index contributed by atoms with van der Waals surface area (Å²) in [5.41, 5.74) is 0.